The van der Waals surface area contributed by atoms with Crippen molar-refractivity contribution in [3.05, 3.63) is 69.9 Å². The number of benzene rings is 2. The third kappa shape index (κ3) is 3.67. The van der Waals surface area contributed by atoms with Crippen LogP contribution in [-0.2, 0) is 0 Å². The normalized spacial score (nSPS) is 11.9. The molecule has 0 aliphatic rings. The van der Waals surface area contributed by atoms with Crippen LogP contribution in [-0.4, -0.2) is 12.5 Å². The SMILES string of the molecule is CC(CNC(=O)c1ccc(Br)c(F)c1)c1ccccc1. The molecule has 2 nitrogen and oxygen atoms in total. The van der Waals surface area contributed by atoms with E-state index in [2.05, 4.69) is 21.2 Å². The second kappa shape index (κ2) is 6.66. The van der Waals surface area contributed by atoms with E-state index < -0.39 is 5.82 Å². The van der Waals surface area contributed by atoms with E-state index in [1.165, 1.54) is 12.1 Å². The third-order valence-electron chi connectivity index (χ3n) is 3.12. The van der Waals surface area contributed by atoms with Crippen LogP contribution in [0.5, 0.6) is 0 Å². The smallest absolute Gasteiger partial charge is 0.251 e. The van der Waals surface area contributed by atoms with Crippen LogP contribution in [0.1, 0.15) is 28.8 Å². The van der Waals surface area contributed by atoms with Gasteiger partial charge in [0.2, 0.25) is 0 Å². The lowest BCUT2D eigenvalue weighted by molar-refractivity contribution is 0.0951. The van der Waals surface area contributed by atoms with E-state index in [0.717, 1.165) is 5.56 Å². The van der Waals surface area contributed by atoms with Gasteiger partial charge in [0.15, 0.2) is 0 Å². The molecule has 0 heterocycles. The van der Waals surface area contributed by atoms with Gasteiger partial charge in [-0.2, -0.15) is 0 Å². The van der Waals surface area contributed by atoms with E-state index in [4.69, 9.17) is 0 Å². The lowest BCUT2D eigenvalue weighted by Crippen LogP contribution is -2.27. The van der Waals surface area contributed by atoms with Gasteiger partial charge in [-0.15, -0.1) is 0 Å². The number of nitrogens with one attached hydrogen (secondary N) is 1. The van der Waals surface area contributed by atoms with Crippen molar-refractivity contribution < 1.29 is 9.18 Å². The summed E-state index contributed by atoms with van der Waals surface area (Å²) in [4.78, 5) is 12.0. The minimum Gasteiger partial charge on any atom is -0.351 e. The maximum absolute atomic E-state index is 13.4. The molecule has 1 N–H and O–H groups in total. The molecular formula is C16H15BrFNO. The van der Waals surface area contributed by atoms with Crippen LogP contribution >= 0.6 is 15.9 Å². The molecule has 2 aromatic carbocycles. The highest BCUT2D eigenvalue weighted by atomic mass is 79.9. The molecule has 20 heavy (non-hydrogen) atoms. The second-order valence-corrected chi connectivity index (χ2v) is 5.50. The summed E-state index contributed by atoms with van der Waals surface area (Å²) in [6.07, 6.45) is 0. The third-order valence-corrected chi connectivity index (χ3v) is 3.76. The van der Waals surface area contributed by atoms with E-state index in [0.29, 0.717) is 16.6 Å². The Hall–Kier alpha value is -1.68. The van der Waals surface area contributed by atoms with Crippen molar-refractivity contribution in [2.45, 2.75) is 12.8 Å². The number of halogens is 2. The number of rotatable bonds is 4. The summed E-state index contributed by atoms with van der Waals surface area (Å²) in [5.74, 6) is -0.492. The maximum atomic E-state index is 13.4. The molecule has 0 radical (unpaired) electrons. The number of hydrogen-bond donors (Lipinski definition) is 1. The first-order valence-corrected chi connectivity index (χ1v) is 7.15. The molecule has 0 saturated heterocycles. The molecule has 0 aromatic heterocycles. The first-order valence-electron chi connectivity index (χ1n) is 6.36. The number of carbonyl (C=O) groups is 1. The Morgan fingerprint density at radius 2 is 1.95 bits per heavy atom. The number of amides is 1. The molecule has 0 bridgehead atoms. The van der Waals surface area contributed by atoms with Crippen molar-refractivity contribution in [3.8, 4) is 0 Å². The van der Waals surface area contributed by atoms with Crippen LogP contribution in [0.15, 0.2) is 53.0 Å². The monoisotopic (exact) mass is 335 g/mol. The maximum Gasteiger partial charge on any atom is 0.251 e. The summed E-state index contributed by atoms with van der Waals surface area (Å²) in [5, 5.41) is 2.82. The molecule has 4 heteroatoms. The Balaban J connectivity index is 1.97. The van der Waals surface area contributed by atoms with Gasteiger partial charge in [-0.25, -0.2) is 4.39 Å². The van der Waals surface area contributed by atoms with Gasteiger partial charge >= 0.3 is 0 Å². The Kier molecular flexibility index (Phi) is 4.90. The van der Waals surface area contributed by atoms with Crippen LogP contribution < -0.4 is 5.32 Å². The highest BCUT2D eigenvalue weighted by Crippen LogP contribution is 2.17. The lowest BCUT2D eigenvalue weighted by atomic mass is 10.0. The van der Waals surface area contributed by atoms with Gasteiger partial charge in [-0.05, 0) is 45.6 Å². The Morgan fingerprint density at radius 1 is 1.25 bits per heavy atom. The highest BCUT2D eigenvalue weighted by Gasteiger charge is 2.11. The van der Waals surface area contributed by atoms with Gasteiger partial charge in [-0.1, -0.05) is 37.3 Å². The van der Waals surface area contributed by atoms with Gasteiger partial charge < -0.3 is 5.32 Å². The van der Waals surface area contributed by atoms with E-state index in [-0.39, 0.29) is 11.8 Å². The van der Waals surface area contributed by atoms with Gasteiger partial charge in [0.1, 0.15) is 5.82 Å². The summed E-state index contributed by atoms with van der Waals surface area (Å²) in [6, 6.07) is 14.3. The highest BCUT2D eigenvalue weighted by molar-refractivity contribution is 9.10. The van der Waals surface area contributed by atoms with Gasteiger partial charge in [-0.3, -0.25) is 4.79 Å². The van der Waals surface area contributed by atoms with Gasteiger partial charge in [0.05, 0.1) is 4.47 Å². The summed E-state index contributed by atoms with van der Waals surface area (Å²) in [6.45, 7) is 2.55. The number of carbonyl (C=O) groups excluding carboxylic acids is 1. The molecule has 1 amide bonds. The molecular weight excluding hydrogens is 321 g/mol. The largest absolute Gasteiger partial charge is 0.351 e. The van der Waals surface area contributed by atoms with Gasteiger partial charge in [0.25, 0.3) is 5.91 Å². The average Bonchev–Trinajstić information content (AvgIpc) is 2.48. The summed E-state index contributed by atoms with van der Waals surface area (Å²) < 4.78 is 13.7. The van der Waals surface area contributed by atoms with Crippen LogP contribution in [0.4, 0.5) is 4.39 Å². The predicted octanol–water partition coefficient (Wildman–Crippen LogP) is 4.12. The van der Waals surface area contributed by atoms with Crippen molar-refractivity contribution >= 4 is 21.8 Å². The molecule has 104 valence electrons. The average molecular weight is 336 g/mol. The Morgan fingerprint density at radius 3 is 2.60 bits per heavy atom. The van der Waals surface area contributed by atoms with Crippen molar-refractivity contribution in [2.75, 3.05) is 6.54 Å². The zero-order valence-corrected chi connectivity index (χ0v) is 12.7. The fourth-order valence-corrected chi connectivity index (χ4v) is 2.13. The molecule has 0 aliphatic heterocycles. The molecule has 0 spiro atoms. The first-order chi connectivity index (χ1) is 9.58. The molecule has 0 aliphatic carbocycles. The van der Waals surface area contributed by atoms with E-state index in [1.54, 1.807) is 6.07 Å². The topological polar surface area (TPSA) is 29.1 Å². The minimum absolute atomic E-state index is 0.209. The standard InChI is InChI=1S/C16H15BrFNO/c1-11(12-5-3-2-4-6-12)10-19-16(20)13-7-8-14(17)15(18)9-13/h2-9,11H,10H2,1H3,(H,19,20). The lowest BCUT2D eigenvalue weighted by Gasteiger charge is -2.13. The van der Waals surface area contributed by atoms with Crippen LogP contribution in [0, 0.1) is 5.82 Å². The zero-order valence-electron chi connectivity index (χ0n) is 11.1. The van der Waals surface area contributed by atoms with Crippen molar-refractivity contribution in [2.24, 2.45) is 0 Å². The first kappa shape index (κ1) is 14.7. The van der Waals surface area contributed by atoms with Gasteiger partial charge in [0, 0.05) is 12.1 Å². The fourth-order valence-electron chi connectivity index (χ4n) is 1.88. The van der Waals surface area contributed by atoms with Crippen molar-refractivity contribution in [1.82, 2.24) is 5.32 Å². The molecule has 2 rings (SSSR count). The van der Waals surface area contributed by atoms with Crippen molar-refractivity contribution in [1.29, 1.82) is 0 Å². The van der Waals surface area contributed by atoms with Crippen LogP contribution in [0.3, 0.4) is 0 Å². The predicted molar refractivity (Wildman–Crippen MR) is 81.3 cm³/mol. The fraction of sp³-hybridized carbons (Fsp3) is 0.188. The molecule has 1 unspecified atom stereocenters. The summed E-state index contributed by atoms with van der Waals surface area (Å²) >= 11 is 3.06. The minimum atomic E-state index is -0.436. The molecule has 0 saturated carbocycles. The molecule has 2 aromatic rings. The number of hydrogen-bond acceptors (Lipinski definition) is 1. The quantitative estimate of drug-likeness (QED) is 0.894. The van der Waals surface area contributed by atoms with E-state index in [9.17, 15) is 9.18 Å². The van der Waals surface area contributed by atoms with Crippen LogP contribution in [0.2, 0.25) is 0 Å². The Bertz CT molecular complexity index is 601. The summed E-state index contributed by atoms with van der Waals surface area (Å²) in [7, 11) is 0. The van der Waals surface area contributed by atoms with E-state index in [1.807, 2.05) is 37.3 Å². The van der Waals surface area contributed by atoms with E-state index >= 15 is 0 Å². The second-order valence-electron chi connectivity index (χ2n) is 4.65. The van der Waals surface area contributed by atoms with Crippen LogP contribution in [0.25, 0.3) is 0 Å². The molecule has 1 atom stereocenters. The van der Waals surface area contributed by atoms with Crippen molar-refractivity contribution in [3.63, 3.8) is 0 Å². The molecule has 0 fully saturated rings. The summed E-state index contributed by atoms with van der Waals surface area (Å²) in [5.41, 5.74) is 1.49. The Labute approximate surface area is 126 Å². The zero-order chi connectivity index (χ0) is 14.5.